The maximum atomic E-state index is 4.27. The summed E-state index contributed by atoms with van der Waals surface area (Å²) in [5.74, 6) is 0. The Kier molecular flexibility index (Phi) is 2.42. The van der Waals surface area contributed by atoms with Gasteiger partial charge in [0, 0.05) is 15.9 Å². The van der Waals surface area contributed by atoms with Gasteiger partial charge in [-0.05, 0) is 38.1 Å². The van der Waals surface area contributed by atoms with Gasteiger partial charge >= 0.3 is 0 Å². The monoisotopic (exact) mass is 250 g/mol. The summed E-state index contributed by atoms with van der Waals surface area (Å²) in [5, 5.41) is 0. The first-order valence-electron chi connectivity index (χ1n) is 4.45. The third-order valence-corrected chi connectivity index (χ3v) is 2.89. The minimum absolute atomic E-state index is 1.08. The maximum absolute atomic E-state index is 4.27. The quantitative estimate of drug-likeness (QED) is 0.760. The van der Waals surface area contributed by atoms with E-state index in [1.807, 2.05) is 25.4 Å². The van der Waals surface area contributed by atoms with Crippen LogP contribution in [0.3, 0.4) is 0 Å². The summed E-state index contributed by atoms with van der Waals surface area (Å²) in [5.41, 5.74) is 3.41. The van der Waals surface area contributed by atoms with E-state index in [-0.39, 0.29) is 0 Å². The van der Waals surface area contributed by atoms with Gasteiger partial charge in [0.15, 0.2) is 0 Å². The van der Waals surface area contributed by atoms with Gasteiger partial charge in [-0.3, -0.25) is 0 Å². The standard InChI is InChI=1S/C11H11BrN2/c1-8-9(2)14(7-13-8)11-5-3-10(12)4-6-11/h3-7H,1-2H3. The lowest BCUT2D eigenvalue weighted by molar-refractivity contribution is 1.00. The van der Waals surface area contributed by atoms with Crippen molar-refractivity contribution in [3.05, 3.63) is 46.5 Å². The zero-order chi connectivity index (χ0) is 10.1. The lowest BCUT2D eigenvalue weighted by Crippen LogP contribution is -1.94. The highest BCUT2D eigenvalue weighted by molar-refractivity contribution is 9.10. The number of aryl methyl sites for hydroxylation is 1. The van der Waals surface area contributed by atoms with Crippen LogP contribution in [0.4, 0.5) is 0 Å². The van der Waals surface area contributed by atoms with Crippen LogP contribution < -0.4 is 0 Å². The van der Waals surface area contributed by atoms with Gasteiger partial charge in [-0.1, -0.05) is 15.9 Å². The normalized spacial score (nSPS) is 10.5. The smallest absolute Gasteiger partial charge is 0.0997 e. The molecular weight excluding hydrogens is 240 g/mol. The van der Waals surface area contributed by atoms with Gasteiger partial charge < -0.3 is 4.57 Å². The first-order chi connectivity index (χ1) is 6.68. The van der Waals surface area contributed by atoms with Gasteiger partial charge in [0.25, 0.3) is 0 Å². The van der Waals surface area contributed by atoms with Gasteiger partial charge in [-0.2, -0.15) is 0 Å². The van der Waals surface area contributed by atoms with Gasteiger partial charge in [0.05, 0.1) is 12.0 Å². The molecule has 72 valence electrons. The van der Waals surface area contributed by atoms with Gasteiger partial charge in [-0.15, -0.1) is 0 Å². The molecule has 14 heavy (non-hydrogen) atoms. The van der Waals surface area contributed by atoms with Crippen molar-refractivity contribution >= 4 is 15.9 Å². The first kappa shape index (κ1) is 9.46. The molecule has 1 aromatic carbocycles. The van der Waals surface area contributed by atoms with Crippen LogP contribution in [0.25, 0.3) is 5.69 Å². The number of hydrogen-bond donors (Lipinski definition) is 0. The molecule has 1 heterocycles. The Balaban J connectivity index is 2.49. The fraction of sp³-hybridized carbons (Fsp3) is 0.182. The second kappa shape index (κ2) is 3.58. The molecule has 3 heteroatoms. The van der Waals surface area contributed by atoms with E-state index in [1.165, 1.54) is 5.69 Å². The zero-order valence-electron chi connectivity index (χ0n) is 8.16. The lowest BCUT2D eigenvalue weighted by atomic mass is 10.3. The summed E-state index contributed by atoms with van der Waals surface area (Å²) in [6.07, 6.45) is 1.86. The van der Waals surface area contributed by atoms with E-state index in [2.05, 4.69) is 44.5 Å². The average molecular weight is 251 g/mol. The summed E-state index contributed by atoms with van der Waals surface area (Å²) in [6.45, 7) is 4.09. The summed E-state index contributed by atoms with van der Waals surface area (Å²) >= 11 is 3.42. The van der Waals surface area contributed by atoms with E-state index in [4.69, 9.17) is 0 Å². The molecule has 0 fully saturated rings. The lowest BCUT2D eigenvalue weighted by Gasteiger charge is -2.04. The van der Waals surface area contributed by atoms with E-state index in [0.717, 1.165) is 15.9 Å². The Labute approximate surface area is 91.7 Å². The topological polar surface area (TPSA) is 17.8 Å². The molecule has 0 amide bonds. The third-order valence-electron chi connectivity index (χ3n) is 2.36. The van der Waals surface area contributed by atoms with Crippen LogP contribution in [-0.4, -0.2) is 9.55 Å². The highest BCUT2D eigenvalue weighted by Crippen LogP contribution is 2.16. The molecule has 0 radical (unpaired) electrons. The van der Waals surface area contributed by atoms with Crippen molar-refractivity contribution in [1.82, 2.24) is 9.55 Å². The Morgan fingerprint density at radius 2 is 1.79 bits per heavy atom. The van der Waals surface area contributed by atoms with Crippen molar-refractivity contribution in [3.63, 3.8) is 0 Å². The first-order valence-corrected chi connectivity index (χ1v) is 5.24. The van der Waals surface area contributed by atoms with Crippen LogP contribution in [0, 0.1) is 13.8 Å². The molecule has 0 atom stereocenters. The Hall–Kier alpha value is -1.09. The van der Waals surface area contributed by atoms with Crippen molar-refractivity contribution in [3.8, 4) is 5.69 Å². The summed E-state index contributed by atoms with van der Waals surface area (Å²) in [7, 11) is 0. The van der Waals surface area contributed by atoms with Gasteiger partial charge in [-0.25, -0.2) is 4.98 Å². The molecule has 0 aliphatic carbocycles. The largest absolute Gasteiger partial charge is 0.303 e. The molecule has 2 rings (SSSR count). The SMILES string of the molecule is Cc1ncn(-c2ccc(Br)cc2)c1C. The van der Waals surface area contributed by atoms with E-state index in [1.54, 1.807) is 0 Å². The van der Waals surface area contributed by atoms with Crippen LogP contribution in [0.15, 0.2) is 35.1 Å². The van der Waals surface area contributed by atoms with Crippen molar-refractivity contribution < 1.29 is 0 Å². The highest BCUT2D eigenvalue weighted by Gasteiger charge is 2.03. The summed E-state index contributed by atoms with van der Waals surface area (Å²) < 4.78 is 3.18. The minimum Gasteiger partial charge on any atom is -0.303 e. The molecular formula is C11H11BrN2. The van der Waals surface area contributed by atoms with Crippen molar-refractivity contribution in [2.45, 2.75) is 13.8 Å². The number of benzene rings is 1. The number of nitrogens with zero attached hydrogens (tertiary/aromatic N) is 2. The fourth-order valence-electron chi connectivity index (χ4n) is 1.36. The van der Waals surface area contributed by atoms with Crippen LogP contribution in [0.1, 0.15) is 11.4 Å². The molecule has 2 aromatic rings. The number of aromatic nitrogens is 2. The van der Waals surface area contributed by atoms with E-state index in [0.29, 0.717) is 0 Å². The summed E-state index contributed by atoms with van der Waals surface area (Å²) in [6, 6.07) is 8.20. The Morgan fingerprint density at radius 3 is 2.29 bits per heavy atom. The van der Waals surface area contributed by atoms with Crippen LogP contribution in [0.2, 0.25) is 0 Å². The average Bonchev–Trinajstić information content (AvgIpc) is 2.50. The van der Waals surface area contributed by atoms with Crippen LogP contribution in [-0.2, 0) is 0 Å². The number of halogens is 1. The second-order valence-corrected chi connectivity index (χ2v) is 4.18. The molecule has 0 aliphatic heterocycles. The van der Waals surface area contributed by atoms with E-state index in [9.17, 15) is 0 Å². The molecule has 0 aliphatic rings. The number of imidazole rings is 1. The molecule has 0 saturated heterocycles. The molecule has 0 N–H and O–H groups in total. The van der Waals surface area contributed by atoms with Crippen LogP contribution >= 0.6 is 15.9 Å². The molecule has 0 saturated carbocycles. The zero-order valence-corrected chi connectivity index (χ0v) is 9.75. The Morgan fingerprint density at radius 1 is 1.14 bits per heavy atom. The Bertz CT molecular complexity index is 443. The number of hydrogen-bond acceptors (Lipinski definition) is 1. The molecule has 2 nitrogen and oxygen atoms in total. The summed E-state index contributed by atoms with van der Waals surface area (Å²) in [4.78, 5) is 4.27. The molecule has 0 spiro atoms. The third kappa shape index (κ3) is 1.60. The van der Waals surface area contributed by atoms with E-state index < -0.39 is 0 Å². The fourth-order valence-corrected chi connectivity index (χ4v) is 1.63. The molecule has 1 aromatic heterocycles. The number of rotatable bonds is 1. The van der Waals surface area contributed by atoms with Gasteiger partial charge in [0.1, 0.15) is 0 Å². The predicted molar refractivity (Wildman–Crippen MR) is 60.7 cm³/mol. The second-order valence-electron chi connectivity index (χ2n) is 3.26. The van der Waals surface area contributed by atoms with Gasteiger partial charge in [0.2, 0.25) is 0 Å². The van der Waals surface area contributed by atoms with Crippen molar-refractivity contribution in [1.29, 1.82) is 0 Å². The highest BCUT2D eigenvalue weighted by atomic mass is 79.9. The predicted octanol–water partition coefficient (Wildman–Crippen LogP) is 3.25. The van der Waals surface area contributed by atoms with Crippen molar-refractivity contribution in [2.75, 3.05) is 0 Å². The molecule has 0 bridgehead atoms. The van der Waals surface area contributed by atoms with E-state index >= 15 is 0 Å². The maximum Gasteiger partial charge on any atom is 0.0997 e. The molecule has 0 unspecified atom stereocenters. The van der Waals surface area contributed by atoms with Crippen molar-refractivity contribution in [2.24, 2.45) is 0 Å². The minimum atomic E-state index is 1.08. The van der Waals surface area contributed by atoms with Crippen LogP contribution in [0.5, 0.6) is 0 Å².